The van der Waals surface area contributed by atoms with Crippen molar-refractivity contribution in [3.8, 4) is 0 Å². The molecule has 0 aliphatic carbocycles. The van der Waals surface area contributed by atoms with Crippen molar-refractivity contribution in [3.63, 3.8) is 0 Å². The summed E-state index contributed by atoms with van der Waals surface area (Å²) in [5.74, 6) is -0.908. The van der Waals surface area contributed by atoms with Crippen molar-refractivity contribution in [2.24, 2.45) is 0 Å². The Hall–Kier alpha value is -1.63. The predicted octanol–water partition coefficient (Wildman–Crippen LogP) is 0.758. The van der Waals surface area contributed by atoms with Crippen LogP contribution in [0.15, 0.2) is 0 Å². The second kappa shape index (κ2) is 3.40. The molecule has 70 valence electrons. The van der Waals surface area contributed by atoms with Gasteiger partial charge in [0.25, 0.3) is 0 Å². The summed E-state index contributed by atoms with van der Waals surface area (Å²) in [6, 6.07) is 0. The summed E-state index contributed by atoms with van der Waals surface area (Å²) < 4.78 is 4.26. The summed E-state index contributed by atoms with van der Waals surface area (Å²) in [4.78, 5) is 20.5. The molecule has 0 fully saturated rings. The fourth-order valence-corrected chi connectivity index (χ4v) is 0.921. The lowest BCUT2D eigenvalue weighted by Crippen LogP contribution is -2.04. The lowest BCUT2D eigenvalue weighted by Gasteiger charge is -1.92. The minimum Gasteiger partial charge on any atom is -0.464 e. The Balaban J connectivity index is 3.22. The van der Waals surface area contributed by atoms with Crippen LogP contribution in [0.25, 0.3) is 0 Å². The molecule has 8 heteroatoms. The van der Waals surface area contributed by atoms with Gasteiger partial charge in [0.05, 0.1) is 12.0 Å². The average Bonchev–Trinajstić information content (AvgIpc) is 2.45. The van der Waals surface area contributed by atoms with Gasteiger partial charge in [-0.15, -0.1) is 0 Å². The van der Waals surface area contributed by atoms with E-state index in [0.717, 1.165) is 7.11 Å². The van der Waals surface area contributed by atoms with Crippen molar-refractivity contribution in [1.82, 2.24) is 10.2 Å². The van der Waals surface area contributed by atoms with E-state index in [1.807, 2.05) is 0 Å². The highest BCUT2D eigenvalue weighted by atomic mass is 35.5. The number of rotatable bonds is 2. The van der Waals surface area contributed by atoms with Crippen LogP contribution >= 0.6 is 11.6 Å². The summed E-state index contributed by atoms with van der Waals surface area (Å²) in [6.45, 7) is 0. The zero-order valence-corrected chi connectivity index (χ0v) is 7.16. The Morgan fingerprint density at radius 1 is 1.77 bits per heavy atom. The summed E-state index contributed by atoms with van der Waals surface area (Å²) in [5.41, 5.74) is -1.01. The summed E-state index contributed by atoms with van der Waals surface area (Å²) >= 11 is 5.37. The summed E-state index contributed by atoms with van der Waals surface area (Å²) in [5, 5.41) is 15.5. The number of aromatic nitrogens is 2. The molecule has 1 aromatic heterocycles. The molecule has 1 heterocycles. The minimum absolute atomic E-state index is 0.301. The smallest absolute Gasteiger partial charge is 0.365 e. The molecule has 0 aliphatic heterocycles. The van der Waals surface area contributed by atoms with E-state index in [0.29, 0.717) is 0 Å². The molecule has 0 atom stereocenters. The monoisotopic (exact) mass is 205 g/mol. The van der Waals surface area contributed by atoms with Crippen LogP contribution < -0.4 is 0 Å². The number of methoxy groups -OCH3 is 1. The molecule has 1 N–H and O–H groups in total. The molecule has 13 heavy (non-hydrogen) atoms. The van der Waals surface area contributed by atoms with Gasteiger partial charge in [-0.3, -0.25) is 15.2 Å². The van der Waals surface area contributed by atoms with Crippen LogP contribution in [0.5, 0.6) is 0 Å². The largest absolute Gasteiger partial charge is 0.464 e. The molecule has 0 radical (unpaired) electrons. The number of ether oxygens (including phenoxy) is 1. The van der Waals surface area contributed by atoms with Crippen LogP contribution in [-0.2, 0) is 4.74 Å². The van der Waals surface area contributed by atoms with Crippen molar-refractivity contribution in [2.45, 2.75) is 0 Å². The quantitative estimate of drug-likeness (QED) is 0.437. The Morgan fingerprint density at radius 2 is 2.38 bits per heavy atom. The molecule has 0 spiro atoms. The number of nitrogens with one attached hydrogen (secondary N) is 1. The first-order valence-corrected chi connectivity index (χ1v) is 3.42. The third kappa shape index (κ3) is 1.59. The van der Waals surface area contributed by atoms with E-state index in [-0.39, 0.29) is 5.15 Å². The van der Waals surface area contributed by atoms with Crippen LogP contribution in [0.1, 0.15) is 10.5 Å². The van der Waals surface area contributed by atoms with Crippen LogP contribution in [0.3, 0.4) is 0 Å². The van der Waals surface area contributed by atoms with Gasteiger partial charge in [0.1, 0.15) is 0 Å². The Labute approximate surface area is 76.8 Å². The van der Waals surface area contributed by atoms with Crippen LogP contribution in [0.2, 0.25) is 5.15 Å². The molecule has 7 nitrogen and oxygen atoms in total. The molecular formula is C5H4ClN3O4. The maximum atomic E-state index is 10.9. The fraction of sp³-hybridized carbons (Fsp3) is 0.200. The maximum Gasteiger partial charge on any atom is 0.365 e. The molecular weight excluding hydrogens is 202 g/mol. The van der Waals surface area contributed by atoms with E-state index in [2.05, 4.69) is 14.9 Å². The van der Waals surface area contributed by atoms with Crippen molar-refractivity contribution >= 4 is 23.3 Å². The maximum absolute atomic E-state index is 10.9. The highest BCUT2D eigenvalue weighted by Crippen LogP contribution is 2.25. The first kappa shape index (κ1) is 9.46. The molecule has 0 amide bonds. The predicted molar refractivity (Wildman–Crippen MR) is 41.6 cm³/mol. The van der Waals surface area contributed by atoms with E-state index in [4.69, 9.17) is 11.6 Å². The Morgan fingerprint density at radius 3 is 2.85 bits per heavy atom. The van der Waals surface area contributed by atoms with Crippen molar-refractivity contribution in [3.05, 3.63) is 21.0 Å². The van der Waals surface area contributed by atoms with Gasteiger partial charge in [-0.1, -0.05) is 11.6 Å². The number of carbonyl (C=O) groups excluding carboxylic acids is 1. The van der Waals surface area contributed by atoms with Gasteiger partial charge in [-0.2, -0.15) is 5.10 Å². The number of hydrogen-bond acceptors (Lipinski definition) is 5. The minimum atomic E-state index is -0.908. The van der Waals surface area contributed by atoms with Gasteiger partial charge in [-0.25, -0.2) is 4.79 Å². The average molecular weight is 206 g/mol. The Kier molecular flexibility index (Phi) is 2.47. The molecule has 0 saturated carbocycles. The van der Waals surface area contributed by atoms with Crippen molar-refractivity contribution in [2.75, 3.05) is 7.11 Å². The number of nitrogens with zero attached hydrogens (tertiary/aromatic N) is 2. The van der Waals surface area contributed by atoms with Crippen LogP contribution in [-0.4, -0.2) is 28.2 Å². The Bertz CT molecular complexity index is 361. The number of hydrogen-bond donors (Lipinski definition) is 1. The number of carbonyl (C=O) groups is 1. The van der Waals surface area contributed by atoms with Gasteiger partial charge < -0.3 is 4.74 Å². The van der Waals surface area contributed by atoms with Gasteiger partial charge >= 0.3 is 11.7 Å². The lowest BCUT2D eigenvalue weighted by atomic mass is 10.4. The van der Waals surface area contributed by atoms with E-state index >= 15 is 0 Å². The topological polar surface area (TPSA) is 98.1 Å². The molecule has 0 saturated heterocycles. The second-order valence-electron chi connectivity index (χ2n) is 1.98. The standard InChI is InChI=1S/C5H4ClN3O4/c1-13-5(10)2-3(9(11)12)4(6)8-7-2/h1H3,(H,7,8). The first-order valence-electron chi connectivity index (χ1n) is 3.04. The first-order chi connectivity index (χ1) is 6.07. The molecule has 0 aromatic carbocycles. The van der Waals surface area contributed by atoms with Crippen molar-refractivity contribution < 1.29 is 14.5 Å². The van der Waals surface area contributed by atoms with Gasteiger partial charge in [-0.05, 0) is 0 Å². The molecule has 0 bridgehead atoms. The van der Waals surface area contributed by atoms with E-state index in [1.165, 1.54) is 0 Å². The number of nitro groups is 1. The molecule has 1 aromatic rings. The van der Waals surface area contributed by atoms with Crippen LogP contribution in [0, 0.1) is 10.1 Å². The number of H-pyrrole nitrogens is 1. The van der Waals surface area contributed by atoms with E-state index < -0.39 is 22.3 Å². The number of aromatic amines is 1. The summed E-state index contributed by atoms with van der Waals surface area (Å²) in [7, 11) is 1.09. The fourth-order valence-electron chi connectivity index (χ4n) is 0.720. The zero-order valence-electron chi connectivity index (χ0n) is 6.41. The van der Waals surface area contributed by atoms with Gasteiger partial charge in [0, 0.05) is 0 Å². The number of halogens is 1. The highest BCUT2D eigenvalue weighted by Gasteiger charge is 2.28. The third-order valence-electron chi connectivity index (χ3n) is 1.26. The zero-order chi connectivity index (χ0) is 10.0. The summed E-state index contributed by atoms with van der Waals surface area (Å²) in [6.07, 6.45) is 0. The van der Waals surface area contributed by atoms with Crippen molar-refractivity contribution in [1.29, 1.82) is 0 Å². The SMILES string of the molecule is COC(=O)c1n[nH]c(Cl)c1[N+](=O)[O-]. The lowest BCUT2D eigenvalue weighted by molar-refractivity contribution is -0.385. The van der Waals surface area contributed by atoms with Gasteiger partial charge in [0.2, 0.25) is 10.8 Å². The second-order valence-corrected chi connectivity index (χ2v) is 2.36. The van der Waals surface area contributed by atoms with Crippen LogP contribution in [0.4, 0.5) is 5.69 Å². The van der Waals surface area contributed by atoms with E-state index in [1.54, 1.807) is 0 Å². The third-order valence-corrected chi connectivity index (χ3v) is 1.52. The van der Waals surface area contributed by atoms with E-state index in [9.17, 15) is 14.9 Å². The molecule has 1 rings (SSSR count). The van der Waals surface area contributed by atoms with Gasteiger partial charge in [0.15, 0.2) is 0 Å². The number of esters is 1. The normalized spacial score (nSPS) is 9.69. The highest BCUT2D eigenvalue weighted by molar-refractivity contribution is 6.32. The molecule has 0 unspecified atom stereocenters. The molecule has 0 aliphatic rings.